The highest BCUT2D eigenvalue weighted by atomic mass is 35.5. The van der Waals surface area contributed by atoms with E-state index < -0.39 is 10.8 Å². The van der Waals surface area contributed by atoms with Crippen LogP contribution in [0.1, 0.15) is 26.5 Å². The van der Waals surface area contributed by atoms with E-state index in [0.29, 0.717) is 5.13 Å². The van der Waals surface area contributed by atoms with E-state index in [1.165, 1.54) is 35.1 Å². The fraction of sp³-hybridized carbons (Fsp3) is 0.200. The Balaban J connectivity index is 1.48. The molecule has 3 aromatic rings. The highest BCUT2D eigenvalue weighted by Crippen LogP contribution is 2.30. The van der Waals surface area contributed by atoms with Gasteiger partial charge in [0.25, 0.3) is 11.6 Å². The van der Waals surface area contributed by atoms with Crippen LogP contribution in [0.2, 0.25) is 5.02 Å². The van der Waals surface area contributed by atoms with Gasteiger partial charge in [-0.2, -0.15) is 0 Å². The summed E-state index contributed by atoms with van der Waals surface area (Å²) in [6.45, 7) is 2.50. The van der Waals surface area contributed by atoms with Gasteiger partial charge in [-0.25, -0.2) is 4.98 Å². The molecule has 1 amide bonds. The third-order valence-electron chi connectivity index (χ3n) is 4.68. The molecule has 1 N–H and O–H groups in total. The number of nitro groups is 1. The molecule has 1 aromatic heterocycles. The highest BCUT2D eigenvalue weighted by molar-refractivity contribution is 7.15. The quantitative estimate of drug-likeness (QED) is 0.477. The molecule has 148 valence electrons. The largest absolute Gasteiger partial charge is 0.298 e. The average molecular weight is 429 g/mol. The highest BCUT2D eigenvalue weighted by Gasteiger charge is 2.24. The first-order chi connectivity index (χ1) is 14.0. The number of carbonyl (C=O) groups excluding carboxylic acids is 1. The number of thiazole rings is 1. The monoisotopic (exact) mass is 428 g/mol. The summed E-state index contributed by atoms with van der Waals surface area (Å²) in [7, 11) is 0. The minimum atomic E-state index is -0.598. The van der Waals surface area contributed by atoms with Crippen LogP contribution in [-0.4, -0.2) is 27.3 Å². The summed E-state index contributed by atoms with van der Waals surface area (Å²) in [5.74, 6) is -0.591. The molecular formula is C20H17ClN4O3S. The van der Waals surface area contributed by atoms with Crippen molar-refractivity contribution in [3.8, 4) is 0 Å². The summed E-state index contributed by atoms with van der Waals surface area (Å²) in [6.07, 6.45) is 0.797. The molecule has 0 unspecified atom stereocenters. The van der Waals surface area contributed by atoms with Crippen molar-refractivity contribution in [1.29, 1.82) is 0 Å². The van der Waals surface area contributed by atoms with Crippen LogP contribution >= 0.6 is 22.9 Å². The Hall–Kier alpha value is -2.81. The Morgan fingerprint density at radius 1 is 1.28 bits per heavy atom. The van der Waals surface area contributed by atoms with E-state index in [4.69, 9.17) is 11.6 Å². The lowest BCUT2D eigenvalue weighted by Gasteiger charge is -2.25. The van der Waals surface area contributed by atoms with Crippen LogP contribution in [0.15, 0.2) is 48.5 Å². The number of nitrogens with one attached hydrogen (secondary N) is 1. The minimum Gasteiger partial charge on any atom is -0.298 e. The molecule has 1 aliphatic rings. The number of fused-ring (bicyclic) bond motifs is 1. The maximum atomic E-state index is 12.6. The Bertz CT molecular complexity index is 1070. The summed E-state index contributed by atoms with van der Waals surface area (Å²) in [6, 6.07) is 14.2. The number of anilines is 1. The van der Waals surface area contributed by atoms with Gasteiger partial charge in [0.05, 0.1) is 10.6 Å². The van der Waals surface area contributed by atoms with E-state index in [9.17, 15) is 14.9 Å². The van der Waals surface area contributed by atoms with Gasteiger partial charge in [0.2, 0.25) is 0 Å². The third-order valence-corrected chi connectivity index (χ3v) is 5.91. The number of nitro benzene ring substituents is 1. The maximum Gasteiger partial charge on any atom is 0.282 e. The number of halogens is 1. The molecule has 9 heteroatoms. The van der Waals surface area contributed by atoms with Crippen LogP contribution < -0.4 is 5.32 Å². The lowest BCUT2D eigenvalue weighted by Crippen LogP contribution is -2.29. The van der Waals surface area contributed by atoms with Crippen molar-refractivity contribution in [2.24, 2.45) is 0 Å². The van der Waals surface area contributed by atoms with Crippen LogP contribution in [0.3, 0.4) is 0 Å². The number of carbonyl (C=O) groups is 1. The van der Waals surface area contributed by atoms with Crippen molar-refractivity contribution in [3.63, 3.8) is 0 Å². The number of amides is 1. The van der Waals surface area contributed by atoms with Gasteiger partial charge in [-0.05, 0) is 17.7 Å². The second-order valence-corrected chi connectivity index (χ2v) is 8.23. The van der Waals surface area contributed by atoms with E-state index in [1.807, 2.05) is 18.2 Å². The molecule has 0 atom stereocenters. The van der Waals surface area contributed by atoms with E-state index in [2.05, 4.69) is 27.3 Å². The van der Waals surface area contributed by atoms with Gasteiger partial charge in [0.15, 0.2) is 5.13 Å². The van der Waals surface area contributed by atoms with E-state index in [1.54, 1.807) is 0 Å². The van der Waals surface area contributed by atoms with Crippen LogP contribution in [0, 0.1) is 10.1 Å². The van der Waals surface area contributed by atoms with Gasteiger partial charge in [-0.3, -0.25) is 25.1 Å². The van der Waals surface area contributed by atoms with E-state index >= 15 is 0 Å². The molecule has 1 aliphatic heterocycles. The lowest BCUT2D eigenvalue weighted by molar-refractivity contribution is -0.385. The summed E-state index contributed by atoms with van der Waals surface area (Å²) >= 11 is 7.32. The first-order valence-electron chi connectivity index (χ1n) is 9.00. The van der Waals surface area contributed by atoms with E-state index in [0.717, 1.165) is 36.6 Å². The zero-order valence-corrected chi connectivity index (χ0v) is 16.9. The molecule has 2 aromatic carbocycles. The van der Waals surface area contributed by atoms with Crippen molar-refractivity contribution in [3.05, 3.63) is 85.4 Å². The molecule has 0 saturated carbocycles. The van der Waals surface area contributed by atoms with Gasteiger partial charge < -0.3 is 0 Å². The topological polar surface area (TPSA) is 88.4 Å². The van der Waals surface area contributed by atoms with Crippen LogP contribution in [0.25, 0.3) is 0 Å². The van der Waals surface area contributed by atoms with Crippen molar-refractivity contribution in [2.45, 2.75) is 19.5 Å². The number of hydrogen-bond acceptors (Lipinski definition) is 6. The van der Waals surface area contributed by atoms with Gasteiger partial charge in [0, 0.05) is 42.0 Å². The van der Waals surface area contributed by atoms with Crippen molar-refractivity contribution in [2.75, 3.05) is 11.9 Å². The number of nitrogens with zero attached hydrogens (tertiary/aromatic N) is 3. The Labute approximate surface area is 176 Å². The summed E-state index contributed by atoms with van der Waals surface area (Å²) in [4.78, 5) is 31.1. The molecule has 29 heavy (non-hydrogen) atoms. The molecule has 4 rings (SSSR count). The van der Waals surface area contributed by atoms with Gasteiger partial charge >= 0.3 is 0 Å². The van der Waals surface area contributed by atoms with Gasteiger partial charge in [-0.1, -0.05) is 41.9 Å². The van der Waals surface area contributed by atoms with E-state index in [-0.39, 0.29) is 16.3 Å². The summed E-state index contributed by atoms with van der Waals surface area (Å²) in [5.41, 5.74) is 1.85. The predicted octanol–water partition coefficient (Wildman–Crippen LogP) is 4.52. The normalized spacial score (nSPS) is 13.7. The fourth-order valence-electron chi connectivity index (χ4n) is 3.29. The molecule has 0 spiro atoms. The fourth-order valence-corrected chi connectivity index (χ4v) is 4.51. The summed E-state index contributed by atoms with van der Waals surface area (Å²) < 4.78 is 0. The number of rotatable bonds is 5. The molecule has 2 heterocycles. The molecule has 0 saturated heterocycles. The standard InChI is InChI=1S/C20H17ClN4O3S/c21-14-6-7-17(25(27)28)15(10-14)19(26)23-20-22-16-8-9-24(12-18(16)29-20)11-13-4-2-1-3-5-13/h1-7,10H,8-9,11-12H2,(H,22,23,26). The van der Waals surface area contributed by atoms with Crippen LogP contribution in [0.5, 0.6) is 0 Å². The molecule has 0 radical (unpaired) electrons. The molecule has 0 aliphatic carbocycles. The number of hydrogen-bond donors (Lipinski definition) is 1. The third kappa shape index (κ3) is 4.45. The first kappa shape index (κ1) is 19.5. The smallest absolute Gasteiger partial charge is 0.282 e. The second kappa shape index (κ2) is 8.28. The SMILES string of the molecule is O=C(Nc1nc2c(s1)CN(Cc1ccccc1)CC2)c1cc(Cl)ccc1[N+](=O)[O-]. The van der Waals surface area contributed by atoms with Crippen molar-refractivity contribution >= 4 is 39.7 Å². The zero-order valence-electron chi connectivity index (χ0n) is 15.3. The average Bonchev–Trinajstić information content (AvgIpc) is 3.10. The van der Waals surface area contributed by atoms with Gasteiger partial charge in [-0.15, -0.1) is 11.3 Å². The Morgan fingerprint density at radius 2 is 2.07 bits per heavy atom. The molecule has 0 fully saturated rings. The Kier molecular flexibility index (Phi) is 5.57. The minimum absolute atomic E-state index is 0.0821. The summed E-state index contributed by atoms with van der Waals surface area (Å²) in [5, 5.41) is 14.6. The van der Waals surface area contributed by atoms with Crippen LogP contribution in [0.4, 0.5) is 10.8 Å². The second-order valence-electron chi connectivity index (χ2n) is 6.71. The Morgan fingerprint density at radius 3 is 2.83 bits per heavy atom. The van der Waals surface area contributed by atoms with Crippen molar-refractivity contribution in [1.82, 2.24) is 9.88 Å². The number of benzene rings is 2. The lowest BCUT2D eigenvalue weighted by atomic mass is 10.1. The zero-order chi connectivity index (χ0) is 20.4. The predicted molar refractivity (Wildman–Crippen MR) is 112 cm³/mol. The maximum absolute atomic E-state index is 12.6. The molecule has 0 bridgehead atoms. The molecular weight excluding hydrogens is 412 g/mol. The van der Waals surface area contributed by atoms with Gasteiger partial charge in [0.1, 0.15) is 5.56 Å². The molecule has 7 nitrogen and oxygen atoms in total. The van der Waals surface area contributed by atoms with Crippen LogP contribution in [-0.2, 0) is 19.5 Å². The van der Waals surface area contributed by atoms with Crippen molar-refractivity contribution < 1.29 is 9.72 Å². The first-order valence-corrected chi connectivity index (χ1v) is 10.2. The number of aromatic nitrogens is 1.